The van der Waals surface area contributed by atoms with Crippen LogP contribution in [0.5, 0.6) is 0 Å². The maximum atomic E-state index is 4.41. The van der Waals surface area contributed by atoms with Gasteiger partial charge in [-0.3, -0.25) is 14.5 Å². The van der Waals surface area contributed by atoms with E-state index in [0.29, 0.717) is 18.5 Å². The van der Waals surface area contributed by atoms with Gasteiger partial charge in [-0.2, -0.15) is 0 Å². The molecule has 8 heteroatoms. The van der Waals surface area contributed by atoms with Crippen LogP contribution in [-0.4, -0.2) is 52.8 Å². The van der Waals surface area contributed by atoms with Crippen LogP contribution in [0.15, 0.2) is 59.2 Å². The normalized spacial score (nSPS) is 20.3. The summed E-state index contributed by atoms with van der Waals surface area (Å²) in [6.45, 7) is 2.59. The molecule has 0 amide bonds. The molecule has 2 aromatic heterocycles. The molecule has 2 N–H and O–H groups in total. The number of nitrogens with zero attached hydrogens (tertiary/aromatic N) is 5. The summed E-state index contributed by atoms with van der Waals surface area (Å²) in [5, 5.41) is 17.4. The fourth-order valence-corrected chi connectivity index (χ4v) is 5.16. The van der Waals surface area contributed by atoms with Crippen LogP contribution in [0, 0.1) is 5.92 Å². The van der Waals surface area contributed by atoms with E-state index >= 15 is 0 Å². The highest BCUT2D eigenvalue weighted by Crippen LogP contribution is 2.36. The summed E-state index contributed by atoms with van der Waals surface area (Å²) >= 11 is 1.85. The minimum atomic E-state index is 0.463. The number of hydrogen-bond donors (Lipinski definition) is 2. The summed E-state index contributed by atoms with van der Waals surface area (Å²) in [7, 11) is 4.04. The Bertz CT molecular complexity index is 936. The van der Waals surface area contributed by atoms with Gasteiger partial charge in [0.1, 0.15) is 6.33 Å². The summed E-state index contributed by atoms with van der Waals surface area (Å²) in [5.74, 6) is 2.18. The third kappa shape index (κ3) is 4.71. The van der Waals surface area contributed by atoms with Crippen LogP contribution in [0.4, 0.5) is 0 Å². The number of nitrogens with one attached hydrogen (secondary N) is 2. The van der Waals surface area contributed by atoms with E-state index in [4.69, 9.17) is 0 Å². The molecular formula is C22H29N7S. The van der Waals surface area contributed by atoms with Crippen LogP contribution in [0.2, 0.25) is 0 Å². The third-order valence-corrected chi connectivity index (χ3v) is 6.61. The summed E-state index contributed by atoms with van der Waals surface area (Å²) < 4.78 is 1.99. The standard InChI is InChI=1S/C22H29N7S/c1-23-22(25-15-20-27-26-16-29(20)18-9-4-3-5-10-18)24-14-17-8-6-12-28(2)21(17)19-11-7-13-30-19/h3-5,7,9-11,13,16-17,21H,6,8,12,14-15H2,1-2H3,(H2,23,24,25). The van der Waals surface area contributed by atoms with Gasteiger partial charge in [0.25, 0.3) is 0 Å². The Morgan fingerprint density at radius 1 is 1.20 bits per heavy atom. The Balaban J connectivity index is 1.36. The zero-order chi connectivity index (χ0) is 20.8. The van der Waals surface area contributed by atoms with E-state index < -0.39 is 0 Å². The molecule has 0 saturated carbocycles. The lowest BCUT2D eigenvalue weighted by atomic mass is 9.88. The first kappa shape index (κ1) is 20.6. The molecule has 0 bridgehead atoms. The lowest BCUT2D eigenvalue weighted by Crippen LogP contribution is -2.44. The summed E-state index contributed by atoms with van der Waals surface area (Å²) in [6.07, 6.45) is 4.20. The van der Waals surface area contributed by atoms with Crippen molar-refractivity contribution in [3.63, 3.8) is 0 Å². The molecule has 0 spiro atoms. The molecule has 30 heavy (non-hydrogen) atoms. The van der Waals surface area contributed by atoms with Crippen LogP contribution >= 0.6 is 11.3 Å². The number of thiophene rings is 1. The van der Waals surface area contributed by atoms with Crippen LogP contribution in [-0.2, 0) is 6.54 Å². The Labute approximate surface area is 181 Å². The van der Waals surface area contributed by atoms with Crippen LogP contribution < -0.4 is 10.6 Å². The van der Waals surface area contributed by atoms with Gasteiger partial charge in [-0.15, -0.1) is 21.5 Å². The molecule has 1 aliphatic heterocycles. The number of piperidine rings is 1. The van der Waals surface area contributed by atoms with Crippen molar-refractivity contribution in [1.29, 1.82) is 0 Å². The molecule has 3 heterocycles. The lowest BCUT2D eigenvalue weighted by molar-refractivity contribution is 0.125. The summed E-state index contributed by atoms with van der Waals surface area (Å²) in [6, 6.07) is 15.0. The molecule has 3 aromatic rings. The van der Waals surface area contributed by atoms with Crippen LogP contribution in [0.3, 0.4) is 0 Å². The van der Waals surface area contributed by atoms with E-state index in [2.05, 4.69) is 55.3 Å². The topological polar surface area (TPSA) is 70.4 Å². The highest BCUT2D eigenvalue weighted by Gasteiger charge is 2.31. The molecule has 1 saturated heterocycles. The molecule has 1 fully saturated rings. The van der Waals surface area contributed by atoms with Gasteiger partial charge in [-0.1, -0.05) is 24.3 Å². The molecule has 158 valence electrons. The second-order valence-corrected chi connectivity index (χ2v) is 8.58. The number of aliphatic imine (C=N–C) groups is 1. The first-order chi connectivity index (χ1) is 14.8. The maximum Gasteiger partial charge on any atom is 0.191 e. The van der Waals surface area contributed by atoms with Crippen molar-refractivity contribution < 1.29 is 0 Å². The zero-order valence-electron chi connectivity index (χ0n) is 17.5. The van der Waals surface area contributed by atoms with Crippen molar-refractivity contribution in [1.82, 2.24) is 30.3 Å². The average Bonchev–Trinajstić information content (AvgIpc) is 3.47. The van der Waals surface area contributed by atoms with Crippen molar-refractivity contribution in [2.75, 3.05) is 27.2 Å². The number of guanidine groups is 1. The maximum absolute atomic E-state index is 4.41. The zero-order valence-corrected chi connectivity index (χ0v) is 18.3. The van der Waals surface area contributed by atoms with Gasteiger partial charge in [0.15, 0.2) is 11.8 Å². The van der Waals surface area contributed by atoms with E-state index in [0.717, 1.165) is 30.6 Å². The van der Waals surface area contributed by atoms with Crippen molar-refractivity contribution in [2.24, 2.45) is 10.9 Å². The minimum absolute atomic E-state index is 0.463. The first-order valence-corrected chi connectivity index (χ1v) is 11.3. The number of aromatic nitrogens is 3. The average molecular weight is 424 g/mol. The Kier molecular flexibility index (Phi) is 6.76. The second kappa shape index (κ2) is 9.86. The van der Waals surface area contributed by atoms with Gasteiger partial charge < -0.3 is 10.6 Å². The number of benzene rings is 1. The Morgan fingerprint density at radius 2 is 2.07 bits per heavy atom. The van der Waals surface area contributed by atoms with E-state index in [1.54, 1.807) is 13.4 Å². The predicted molar refractivity (Wildman–Crippen MR) is 122 cm³/mol. The number of para-hydroxylation sites is 1. The van der Waals surface area contributed by atoms with Gasteiger partial charge in [0.2, 0.25) is 0 Å². The smallest absolute Gasteiger partial charge is 0.191 e. The largest absolute Gasteiger partial charge is 0.356 e. The van der Waals surface area contributed by atoms with Gasteiger partial charge in [-0.25, -0.2) is 0 Å². The molecule has 4 rings (SSSR count). The van der Waals surface area contributed by atoms with E-state index in [9.17, 15) is 0 Å². The van der Waals surface area contributed by atoms with Gasteiger partial charge >= 0.3 is 0 Å². The molecule has 1 aliphatic rings. The molecule has 0 radical (unpaired) electrons. The summed E-state index contributed by atoms with van der Waals surface area (Å²) in [5.41, 5.74) is 1.05. The van der Waals surface area contributed by atoms with Crippen LogP contribution in [0.1, 0.15) is 29.6 Å². The Hall–Kier alpha value is -2.71. The highest BCUT2D eigenvalue weighted by atomic mass is 32.1. The second-order valence-electron chi connectivity index (χ2n) is 7.60. The fourth-order valence-electron chi connectivity index (χ4n) is 4.18. The van der Waals surface area contributed by atoms with Gasteiger partial charge in [0.05, 0.1) is 6.54 Å². The number of likely N-dealkylation sites (tertiary alicyclic amines) is 1. The highest BCUT2D eigenvalue weighted by molar-refractivity contribution is 7.10. The summed E-state index contributed by atoms with van der Waals surface area (Å²) in [4.78, 5) is 8.34. The van der Waals surface area contributed by atoms with Gasteiger partial charge in [0, 0.05) is 30.2 Å². The van der Waals surface area contributed by atoms with Crippen molar-refractivity contribution in [2.45, 2.75) is 25.4 Å². The number of rotatable bonds is 6. The fraction of sp³-hybridized carbons (Fsp3) is 0.409. The van der Waals surface area contributed by atoms with Crippen molar-refractivity contribution in [3.8, 4) is 5.69 Å². The SMILES string of the molecule is CN=C(NCc1nncn1-c1ccccc1)NCC1CCCN(C)C1c1cccs1. The third-order valence-electron chi connectivity index (χ3n) is 5.66. The molecule has 2 unspecified atom stereocenters. The van der Waals surface area contributed by atoms with E-state index in [1.165, 1.54) is 17.7 Å². The molecule has 7 nitrogen and oxygen atoms in total. The monoisotopic (exact) mass is 423 g/mol. The number of hydrogen-bond acceptors (Lipinski definition) is 5. The van der Waals surface area contributed by atoms with Crippen molar-refractivity contribution in [3.05, 3.63) is 64.9 Å². The predicted octanol–water partition coefficient (Wildman–Crippen LogP) is 3.08. The van der Waals surface area contributed by atoms with Crippen molar-refractivity contribution >= 4 is 17.3 Å². The molecule has 0 aliphatic carbocycles. The molecular weight excluding hydrogens is 394 g/mol. The quantitative estimate of drug-likeness (QED) is 0.471. The minimum Gasteiger partial charge on any atom is -0.356 e. The molecule has 1 aromatic carbocycles. The first-order valence-electron chi connectivity index (χ1n) is 10.4. The van der Waals surface area contributed by atoms with Crippen LogP contribution in [0.25, 0.3) is 5.69 Å². The molecule has 2 atom stereocenters. The van der Waals surface area contributed by atoms with E-state index in [-0.39, 0.29) is 0 Å². The Morgan fingerprint density at radius 3 is 2.83 bits per heavy atom. The van der Waals surface area contributed by atoms with Gasteiger partial charge in [-0.05, 0) is 55.9 Å². The lowest BCUT2D eigenvalue weighted by Gasteiger charge is -2.39. The van der Waals surface area contributed by atoms with E-state index in [1.807, 2.05) is 46.2 Å².